The predicted molar refractivity (Wildman–Crippen MR) is 106 cm³/mol. The van der Waals surface area contributed by atoms with Crippen LogP contribution in [-0.4, -0.2) is 38.6 Å². The molecule has 0 saturated heterocycles. The van der Waals surface area contributed by atoms with Crippen molar-refractivity contribution in [1.29, 1.82) is 0 Å². The van der Waals surface area contributed by atoms with Gasteiger partial charge in [-0.1, -0.05) is 32.8 Å². The van der Waals surface area contributed by atoms with Crippen molar-refractivity contribution in [3.63, 3.8) is 0 Å². The number of aromatic nitrogens is 1. The summed E-state index contributed by atoms with van der Waals surface area (Å²) in [6.07, 6.45) is 4.20. The smallest absolute Gasteiger partial charge is 0.191 e. The summed E-state index contributed by atoms with van der Waals surface area (Å²) in [5, 5.41) is 6.75. The molecule has 5 nitrogen and oxygen atoms in total. The lowest BCUT2D eigenvalue weighted by atomic mass is 10.0. The van der Waals surface area contributed by atoms with E-state index >= 15 is 0 Å². The van der Waals surface area contributed by atoms with Gasteiger partial charge in [0.2, 0.25) is 0 Å². The van der Waals surface area contributed by atoms with Gasteiger partial charge >= 0.3 is 0 Å². The molecule has 1 rings (SSSR count). The molecule has 0 aliphatic carbocycles. The number of aliphatic imine (C=N–C) groups is 1. The van der Waals surface area contributed by atoms with Gasteiger partial charge in [-0.05, 0) is 12.0 Å². The normalized spacial score (nSPS) is 11.1. The molecule has 22 heavy (non-hydrogen) atoms. The molecule has 0 bridgehead atoms. The summed E-state index contributed by atoms with van der Waals surface area (Å²) >= 11 is 0. The minimum atomic E-state index is 0. The summed E-state index contributed by atoms with van der Waals surface area (Å²) in [6.45, 7) is 6.13. The molecule has 2 N–H and O–H groups in total. The van der Waals surface area contributed by atoms with E-state index in [9.17, 15) is 0 Å². The van der Waals surface area contributed by atoms with Crippen molar-refractivity contribution in [3.8, 4) is 0 Å². The van der Waals surface area contributed by atoms with Crippen LogP contribution in [0.1, 0.15) is 32.3 Å². The maximum atomic E-state index is 4.41. The molecule has 6 heteroatoms. The van der Waals surface area contributed by atoms with Crippen molar-refractivity contribution in [3.05, 3.63) is 23.9 Å². The van der Waals surface area contributed by atoms with E-state index in [1.807, 2.05) is 31.3 Å². The number of guanidine groups is 1. The van der Waals surface area contributed by atoms with E-state index in [1.54, 1.807) is 7.05 Å². The first-order valence-electron chi connectivity index (χ1n) is 7.68. The van der Waals surface area contributed by atoms with Crippen LogP contribution in [0.25, 0.3) is 0 Å². The number of halogens is 1. The van der Waals surface area contributed by atoms with Crippen LogP contribution in [0.2, 0.25) is 0 Å². The highest BCUT2D eigenvalue weighted by Crippen LogP contribution is 2.13. The van der Waals surface area contributed by atoms with Crippen LogP contribution in [0, 0.1) is 5.92 Å². The summed E-state index contributed by atoms with van der Waals surface area (Å²) in [6, 6.07) is 4.05. The summed E-state index contributed by atoms with van der Waals surface area (Å²) in [5.41, 5.74) is 1.16. The molecular weight excluding hydrogens is 389 g/mol. The highest BCUT2D eigenvalue weighted by molar-refractivity contribution is 14.0. The number of pyridine rings is 1. The molecule has 0 amide bonds. The Bertz CT molecular complexity index is 444. The molecule has 0 aliphatic heterocycles. The number of hydrogen-bond acceptors (Lipinski definition) is 3. The van der Waals surface area contributed by atoms with Crippen LogP contribution in [0.3, 0.4) is 0 Å². The number of rotatable bonds is 7. The summed E-state index contributed by atoms with van der Waals surface area (Å²) in [5.74, 6) is 2.52. The number of anilines is 1. The van der Waals surface area contributed by atoms with E-state index in [0.717, 1.165) is 23.9 Å². The van der Waals surface area contributed by atoms with Crippen molar-refractivity contribution in [1.82, 2.24) is 15.6 Å². The van der Waals surface area contributed by atoms with Gasteiger partial charge < -0.3 is 15.5 Å². The van der Waals surface area contributed by atoms with Crippen LogP contribution < -0.4 is 15.5 Å². The van der Waals surface area contributed by atoms with Gasteiger partial charge in [-0.25, -0.2) is 4.98 Å². The minimum absolute atomic E-state index is 0. The molecule has 0 fully saturated rings. The van der Waals surface area contributed by atoms with Gasteiger partial charge in [0.05, 0.1) is 0 Å². The monoisotopic (exact) mass is 419 g/mol. The van der Waals surface area contributed by atoms with Crippen molar-refractivity contribution in [2.24, 2.45) is 10.9 Å². The zero-order valence-electron chi connectivity index (χ0n) is 14.4. The lowest BCUT2D eigenvalue weighted by Crippen LogP contribution is -2.39. The SMILES string of the molecule is CCC(CC)CNC(=NC)NCc1cccnc1N(C)C.I. The van der Waals surface area contributed by atoms with E-state index in [1.165, 1.54) is 12.8 Å². The van der Waals surface area contributed by atoms with E-state index in [-0.39, 0.29) is 24.0 Å². The molecule has 0 aromatic carbocycles. The van der Waals surface area contributed by atoms with Crippen LogP contribution in [0.5, 0.6) is 0 Å². The molecule has 1 aromatic heterocycles. The third kappa shape index (κ3) is 6.81. The second-order valence-electron chi connectivity index (χ2n) is 5.37. The van der Waals surface area contributed by atoms with Gasteiger partial charge in [-0.15, -0.1) is 24.0 Å². The first-order chi connectivity index (χ1) is 10.1. The molecule has 0 aliphatic rings. The Labute approximate surface area is 152 Å². The summed E-state index contributed by atoms with van der Waals surface area (Å²) < 4.78 is 0. The fourth-order valence-electron chi connectivity index (χ4n) is 2.19. The van der Waals surface area contributed by atoms with Crippen LogP contribution in [0.4, 0.5) is 5.82 Å². The Morgan fingerprint density at radius 3 is 2.50 bits per heavy atom. The van der Waals surface area contributed by atoms with E-state index in [2.05, 4.69) is 40.5 Å². The third-order valence-electron chi connectivity index (χ3n) is 3.67. The number of nitrogens with zero attached hydrogens (tertiary/aromatic N) is 3. The van der Waals surface area contributed by atoms with Gasteiger partial charge in [0, 0.05) is 46.0 Å². The topological polar surface area (TPSA) is 52.6 Å². The van der Waals surface area contributed by atoms with Gasteiger partial charge in [-0.3, -0.25) is 4.99 Å². The molecule has 0 unspecified atom stereocenters. The Morgan fingerprint density at radius 2 is 1.95 bits per heavy atom. The zero-order valence-corrected chi connectivity index (χ0v) is 16.7. The van der Waals surface area contributed by atoms with E-state index in [4.69, 9.17) is 0 Å². The van der Waals surface area contributed by atoms with Crippen molar-refractivity contribution in [2.75, 3.05) is 32.6 Å². The molecular formula is C16H30IN5. The second-order valence-corrected chi connectivity index (χ2v) is 5.37. The first kappa shape index (κ1) is 20.9. The second kappa shape index (κ2) is 11.5. The number of nitrogens with one attached hydrogen (secondary N) is 2. The largest absolute Gasteiger partial charge is 0.362 e. The first-order valence-corrected chi connectivity index (χ1v) is 7.68. The van der Waals surface area contributed by atoms with Crippen molar-refractivity contribution < 1.29 is 0 Å². The Kier molecular flexibility index (Phi) is 11.0. The third-order valence-corrected chi connectivity index (χ3v) is 3.67. The standard InChI is InChI=1S/C16H29N5.HI/c1-6-13(7-2)11-19-16(17-3)20-12-14-9-8-10-18-15(14)21(4)5;/h8-10,13H,6-7,11-12H2,1-5H3,(H2,17,19,20);1H. The Hall–Kier alpha value is -1.05. The minimum Gasteiger partial charge on any atom is -0.362 e. The van der Waals surface area contributed by atoms with Crippen LogP contribution >= 0.6 is 24.0 Å². The molecule has 1 aromatic rings. The van der Waals surface area contributed by atoms with E-state index in [0.29, 0.717) is 12.5 Å². The number of hydrogen-bond donors (Lipinski definition) is 2. The fraction of sp³-hybridized carbons (Fsp3) is 0.625. The maximum Gasteiger partial charge on any atom is 0.191 e. The molecule has 0 atom stereocenters. The van der Waals surface area contributed by atoms with Gasteiger partial charge in [0.25, 0.3) is 0 Å². The molecule has 126 valence electrons. The fourth-order valence-corrected chi connectivity index (χ4v) is 2.19. The quantitative estimate of drug-likeness (QED) is 0.406. The average Bonchev–Trinajstić information content (AvgIpc) is 2.51. The predicted octanol–water partition coefficient (Wildman–Crippen LogP) is 2.87. The lowest BCUT2D eigenvalue weighted by Gasteiger charge is -2.19. The van der Waals surface area contributed by atoms with Gasteiger partial charge in [0.15, 0.2) is 5.96 Å². The Morgan fingerprint density at radius 1 is 1.27 bits per heavy atom. The molecule has 1 heterocycles. The molecule has 0 spiro atoms. The molecule has 0 radical (unpaired) electrons. The summed E-state index contributed by atoms with van der Waals surface area (Å²) in [7, 11) is 5.82. The maximum absolute atomic E-state index is 4.41. The lowest BCUT2D eigenvalue weighted by molar-refractivity contribution is 0.481. The van der Waals surface area contributed by atoms with Crippen molar-refractivity contribution >= 4 is 35.8 Å². The molecule has 0 saturated carbocycles. The van der Waals surface area contributed by atoms with Crippen molar-refractivity contribution in [2.45, 2.75) is 33.2 Å². The van der Waals surface area contributed by atoms with Crippen LogP contribution in [0.15, 0.2) is 23.3 Å². The highest BCUT2D eigenvalue weighted by atomic mass is 127. The van der Waals surface area contributed by atoms with Crippen LogP contribution in [-0.2, 0) is 6.54 Å². The highest BCUT2D eigenvalue weighted by Gasteiger charge is 2.07. The van der Waals surface area contributed by atoms with Gasteiger partial charge in [0.1, 0.15) is 5.82 Å². The Balaban J connectivity index is 0.00000441. The average molecular weight is 419 g/mol. The zero-order chi connectivity index (χ0) is 15.7. The summed E-state index contributed by atoms with van der Waals surface area (Å²) in [4.78, 5) is 10.7. The van der Waals surface area contributed by atoms with E-state index < -0.39 is 0 Å². The van der Waals surface area contributed by atoms with Gasteiger partial charge in [-0.2, -0.15) is 0 Å².